The summed E-state index contributed by atoms with van der Waals surface area (Å²) in [5.74, 6) is -1.75. The summed E-state index contributed by atoms with van der Waals surface area (Å²) in [5, 5.41) is 2.74. The molecule has 1 aliphatic heterocycles. The molecule has 0 aromatic heterocycles. The van der Waals surface area contributed by atoms with Crippen LogP contribution in [0.1, 0.15) is 43.5 Å². The number of nitrogens with zero attached hydrogens (tertiary/aromatic N) is 1. The number of sulfone groups is 1. The predicted molar refractivity (Wildman–Crippen MR) is 113 cm³/mol. The lowest BCUT2D eigenvalue weighted by atomic mass is 10.2. The van der Waals surface area contributed by atoms with Crippen molar-refractivity contribution >= 4 is 39.2 Å². The maximum Gasteiger partial charge on any atom is 0.328 e. The SMILES string of the molecule is CCCCN(C(=O)COC(=O)C(C)NC(=O)c1ccccc1Cl)C1CCS(=O)(=O)C1. The molecule has 1 fully saturated rings. The normalized spacial score (nSPS) is 18.4. The zero-order chi connectivity index (χ0) is 22.3. The molecule has 1 saturated heterocycles. The Morgan fingerprint density at radius 2 is 2.00 bits per heavy atom. The molecule has 1 aromatic carbocycles. The zero-order valence-electron chi connectivity index (χ0n) is 17.1. The quantitative estimate of drug-likeness (QED) is 0.565. The van der Waals surface area contributed by atoms with Gasteiger partial charge in [-0.3, -0.25) is 9.59 Å². The van der Waals surface area contributed by atoms with Crippen molar-refractivity contribution in [1.29, 1.82) is 0 Å². The van der Waals surface area contributed by atoms with Gasteiger partial charge < -0.3 is 15.0 Å². The second-order valence-corrected chi connectivity index (χ2v) is 9.92. The van der Waals surface area contributed by atoms with Gasteiger partial charge in [-0.05, 0) is 31.9 Å². The molecular weight excluding hydrogens is 432 g/mol. The number of rotatable bonds is 9. The number of unbranched alkanes of at least 4 members (excludes halogenated alkanes) is 1. The fourth-order valence-corrected chi connectivity index (χ4v) is 5.13. The first-order chi connectivity index (χ1) is 14.1. The highest BCUT2D eigenvalue weighted by Crippen LogP contribution is 2.19. The largest absolute Gasteiger partial charge is 0.454 e. The van der Waals surface area contributed by atoms with Crippen LogP contribution in [0.5, 0.6) is 0 Å². The van der Waals surface area contributed by atoms with E-state index in [0.29, 0.717) is 13.0 Å². The van der Waals surface area contributed by atoms with Gasteiger partial charge in [0.25, 0.3) is 11.8 Å². The Morgan fingerprint density at radius 1 is 1.30 bits per heavy atom. The van der Waals surface area contributed by atoms with Gasteiger partial charge in [-0.1, -0.05) is 37.1 Å². The summed E-state index contributed by atoms with van der Waals surface area (Å²) in [7, 11) is -3.15. The molecule has 2 rings (SSSR count). The van der Waals surface area contributed by atoms with Crippen LogP contribution < -0.4 is 5.32 Å². The minimum atomic E-state index is -3.15. The van der Waals surface area contributed by atoms with E-state index in [1.165, 1.54) is 17.9 Å². The van der Waals surface area contributed by atoms with Gasteiger partial charge in [0.05, 0.1) is 22.1 Å². The van der Waals surface area contributed by atoms with E-state index < -0.39 is 46.3 Å². The average Bonchev–Trinajstić information content (AvgIpc) is 3.05. The summed E-state index contributed by atoms with van der Waals surface area (Å²) in [6, 6.07) is 5.04. The second kappa shape index (κ2) is 10.8. The number of hydrogen-bond acceptors (Lipinski definition) is 6. The molecule has 0 saturated carbocycles. The number of nitrogens with one attached hydrogen (secondary N) is 1. The summed E-state index contributed by atoms with van der Waals surface area (Å²) < 4.78 is 28.6. The van der Waals surface area contributed by atoms with E-state index in [-0.39, 0.29) is 22.1 Å². The van der Waals surface area contributed by atoms with Crippen LogP contribution in [0.25, 0.3) is 0 Å². The van der Waals surface area contributed by atoms with Crippen molar-refractivity contribution in [2.75, 3.05) is 24.7 Å². The fraction of sp³-hybridized carbons (Fsp3) is 0.550. The van der Waals surface area contributed by atoms with Gasteiger partial charge in [-0.25, -0.2) is 13.2 Å². The highest BCUT2D eigenvalue weighted by Gasteiger charge is 2.34. The van der Waals surface area contributed by atoms with E-state index in [0.717, 1.165) is 12.8 Å². The van der Waals surface area contributed by atoms with Crippen LogP contribution in [0.3, 0.4) is 0 Å². The maximum absolute atomic E-state index is 12.6. The van der Waals surface area contributed by atoms with Gasteiger partial charge in [0.15, 0.2) is 16.4 Å². The summed E-state index contributed by atoms with van der Waals surface area (Å²) >= 11 is 5.97. The fourth-order valence-electron chi connectivity index (χ4n) is 3.18. The number of carbonyl (C=O) groups excluding carboxylic acids is 3. The van der Waals surface area contributed by atoms with Crippen LogP contribution in [-0.2, 0) is 24.2 Å². The molecule has 10 heteroatoms. The number of halogens is 1. The third kappa shape index (κ3) is 6.70. The maximum atomic E-state index is 12.6. The first-order valence-corrected chi connectivity index (χ1v) is 12.1. The van der Waals surface area contributed by atoms with E-state index >= 15 is 0 Å². The molecule has 0 spiro atoms. The van der Waals surface area contributed by atoms with Gasteiger partial charge in [0, 0.05) is 12.6 Å². The number of esters is 1. The predicted octanol–water partition coefficient (Wildman–Crippen LogP) is 1.82. The van der Waals surface area contributed by atoms with Crippen molar-refractivity contribution in [2.24, 2.45) is 0 Å². The van der Waals surface area contributed by atoms with Crippen molar-refractivity contribution in [3.63, 3.8) is 0 Å². The molecule has 2 unspecified atom stereocenters. The number of benzene rings is 1. The highest BCUT2D eigenvalue weighted by molar-refractivity contribution is 7.91. The Morgan fingerprint density at radius 3 is 2.60 bits per heavy atom. The van der Waals surface area contributed by atoms with Gasteiger partial charge in [0.2, 0.25) is 0 Å². The smallest absolute Gasteiger partial charge is 0.328 e. The molecule has 166 valence electrons. The lowest BCUT2D eigenvalue weighted by Crippen LogP contribution is -2.45. The summed E-state index contributed by atoms with van der Waals surface area (Å²) in [6.45, 7) is 3.31. The molecule has 0 radical (unpaired) electrons. The minimum Gasteiger partial charge on any atom is -0.454 e. The standard InChI is InChI=1S/C20H27ClN2O6S/c1-3-4-10-23(15-9-11-30(27,28)13-15)18(24)12-29-20(26)14(2)22-19(25)16-7-5-6-8-17(16)21/h5-8,14-15H,3-4,9-13H2,1-2H3,(H,22,25). The number of ether oxygens (including phenoxy) is 1. The van der Waals surface area contributed by atoms with Crippen LogP contribution in [0, 0.1) is 0 Å². The van der Waals surface area contributed by atoms with Crippen molar-refractivity contribution in [3.8, 4) is 0 Å². The van der Waals surface area contributed by atoms with Gasteiger partial charge in [0.1, 0.15) is 6.04 Å². The number of carbonyl (C=O) groups is 3. The van der Waals surface area contributed by atoms with Crippen LogP contribution in [0.15, 0.2) is 24.3 Å². The lowest BCUT2D eigenvalue weighted by molar-refractivity contribution is -0.154. The highest BCUT2D eigenvalue weighted by atomic mass is 35.5. The van der Waals surface area contributed by atoms with Crippen molar-refractivity contribution in [2.45, 2.75) is 45.2 Å². The summed E-state index contributed by atoms with van der Waals surface area (Å²) in [6.07, 6.45) is 1.95. The molecule has 30 heavy (non-hydrogen) atoms. The molecule has 2 amide bonds. The Hall–Kier alpha value is -2.13. The average molecular weight is 459 g/mol. The van der Waals surface area contributed by atoms with Crippen LogP contribution in [0.2, 0.25) is 5.02 Å². The third-order valence-corrected chi connectivity index (χ3v) is 6.96. The zero-order valence-corrected chi connectivity index (χ0v) is 18.7. The molecule has 1 aromatic rings. The van der Waals surface area contributed by atoms with Crippen molar-refractivity contribution < 1.29 is 27.5 Å². The first-order valence-electron chi connectivity index (χ1n) is 9.86. The Balaban J connectivity index is 1.91. The van der Waals surface area contributed by atoms with Crippen molar-refractivity contribution in [1.82, 2.24) is 10.2 Å². The second-order valence-electron chi connectivity index (χ2n) is 7.28. The molecule has 8 nitrogen and oxygen atoms in total. The monoisotopic (exact) mass is 458 g/mol. The molecule has 2 atom stereocenters. The molecule has 0 aliphatic carbocycles. The molecule has 1 heterocycles. The van der Waals surface area contributed by atoms with Crippen molar-refractivity contribution in [3.05, 3.63) is 34.9 Å². The van der Waals surface area contributed by atoms with Gasteiger partial charge >= 0.3 is 5.97 Å². The molecular formula is C20H27ClN2O6S. The molecule has 0 bridgehead atoms. The van der Waals surface area contributed by atoms with Gasteiger partial charge in [-0.2, -0.15) is 0 Å². The summed E-state index contributed by atoms with van der Waals surface area (Å²) in [4.78, 5) is 38.6. The van der Waals surface area contributed by atoms with E-state index in [9.17, 15) is 22.8 Å². The Kier molecular flexibility index (Phi) is 8.66. The molecule has 1 aliphatic rings. The first kappa shape index (κ1) is 24.1. The van der Waals surface area contributed by atoms with E-state index in [1.807, 2.05) is 6.92 Å². The van der Waals surface area contributed by atoms with Crippen LogP contribution in [0.4, 0.5) is 0 Å². The van der Waals surface area contributed by atoms with Crippen LogP contribution >= 0.6 is 11.6 Å². The topological polar surface area (TPSA) is 110 Å². The minimum absolute atomic E-state index is 0.0540. The Labute approximate surface area is 181 Å². The van der Waals surface area contributed by atoms with E-state index in [1.54, 1.807) is 18.2 Å². The lowest BCUT2D eigenvalue weighted by Gasteiger charge is -2.28. The van der Waals surface area contributed by atoms with Gasteiger partial charge in [-0.15, -0.1) is 0 Å². The van der Waals surface area contributed by atoms with Crippen LogP contribution in [-0.4, -0.2) is 67.8 Å². The molecule has 1 N–H and O–H groups in total. The third-order valence-electron chi connectivity index (χ3n) is 4.88. The number of amides is 2. The number of hydrogen-bond donors (Lipinski definition) is 1. The Bertz CT molecular complexity index is 889. The summed E-state index contributed by atoms with van der Waals surface area (Å²) in [5.41, 5.74) is 0.225. The van der Waals surface area contributed by atoms with E-state index in [4.69, 9.17) is 16.3 Å². The van der Waals surface area contributed by atoms with E-state index in [2.05, 4.69) is 5.32 Å².